The molecule has 6 nitrogen and oxygen atoms in total. The fraction of sp³-hybridized carbons (Fsp3) is 0.312. The number of nitrogens with zero attached hydrogens (tertiary/aromatic N) is 2. The van der Waals surface area contributed by atoms with Crippen LogP contribution in [0, 0.1) is 5.92 Å². The van der Waals surface area contributed by atoms with Crippen molar-refractivity contribution >= 4 is 11.6 Å². The lowest BCUT2D eigenvalue weighted by molar-refractivity contribution is 0.100. The molecule has 0 aromatic carbocycles. The van der Waals surface area contributed by atoms with Gasteiger partial charge in [-0.15, -0.1) is 0 Å². The third kappa shape index (κ3) is 3.72. The normalized spacial score (nSPS) is 13.6. The van der Waals surface area contributed by atoms with E-state index in [4.69, 9.17) is 10.5 Å². The maximum Gasteiger partial charge on any atom is 0.252 e. The third-order valence-corrected chi connectivity index (χ3v) is 3.53. The zero-order valence-electron chi connectivity index (χ0n) is 12.2. The van der Waals surface area contributed by atoms with Gasteiger partial charge in [-0.25, -0.2) is 4.98 Å². The largest absolute Gasteiger partial charge is 0.477 e. The van der Waals surface area contributed by atoms with Gasteiger partial charge in [0.15, 0.2) is 0 Å². The molecule has 1 amide bonds. The number of amides is 1. The number of rotatable bonds is 7. The molecule has 3 N–H and O–H groups in total. The van der Waals surface area contributed by atoms with Crippen LogP contribution < -0.4 is 15.8 Å². The molecule has 0 atom stereocenters. The summed E-state index contributed by atoms with van der Waals surface area (Å²) in [6.07, 6.45) is 7.35. The first kappa shape index (κ1) is 14.3. The van der Waals surface area contributed by atoms with Crippen LogP contribution in [0.15, 0.2) is 36.8 Å². The molecule has 0 saturated heterocycles. The van der Waals surface area contributed by atoms with Crippen molar-refractivity contribution in [2.24, 2.45) is 11.7 Å². The van der Waals surface area contributed by atoms with Crippen LogP contribution in [0.2, 0.25) is 0 Å². The summed E-state index contributed by atoms with van der Waals surface area (Å²) in [5.74, 6) is 0.858. The van der Waals surface area contributed by atoms with E-state index < -0.39 is 5.91 Å². The number of ether oxygens (including phenoxy) is 1. The topological polar surface area (TPSA) is 90.1 Å². The number of nitrogens with one attached hydrogen (secondary N) is 1. The van der Waals surface area contributed by atoms with E-state index in [9.17, 15) is 4.79 Å². The number of carbonyl (C=O) groups excluding carboxylic acids is 1. The Kier molecular flexibility index (Phi) is 4.18. The van der Waals surface area contributed by atoms with E-state index in [2.05, 4.69) is 15.3 Å². The van der Waals surface area contributed by atoms with Crippen LogP contribution in [-0.2, 0) is 6.54 Å². The number of nitrogens with two attached hydrogens (primary N) is 1. The van der Waals surface area contributed by atoms with E-state index in [1.54, 1.807) is 18.5 Å². The standard InChI is InChI=1S/C16H18N4O2/c17-16(21)13-9-18-6-5-14(13)19-7-12-3-4-15(20-8-12)22-10-11-1-2-11/h3-6,8-9,11H,1-2,7,10H2,(H2,17,21)(H,18,19). The van der Waals surface area contributed by atoms with Crippen molar-refractivity contribution in [3.63, 3.8) is 0 Å². The lowest BCUT2D eigenvalue weighted by Crippen LogP contribution is -2.14. The lowest BCUT2D eigenvalue weighted by atomic mass is 10.2. The van der Waals surface area contributed by atoms with E-state index in [0.29, 0.717) is 29.6 Å². The van der Waals surface area contributed by atoms with E-state index in [1.807, 2.05) is 12.1 Å². The zero-order chi connectivity index (χ0) is 15.4. The Labute approximate surface area is 128 Å². The van der Waals surface area contributed by atoms with E-state index in [0.717, 1.165) is 12.2 Å². The minimum absolute atomic E-state index is 0.375. The highest BCUT2D eigenvalue weighted by atomic mass is 16.5. The first-order valence-electron chi connectivity index (χ1n) is 7.28. The van der Waals surface area contributed by atoms with E-state index in [-0.39, 0.29) is 0 Å². The van der Waals surface area contributed by atoms with Crippen LogP contribution in [0.5, 0.6) is 5.88 Å². The third-order valence-electron chi connectivity index (χ3n) is 3.53. The van der Waals surface area contributed by atoms with E-state index >= 15 is 0 Å². The van der Waals surface area contributed by atoms with Gasteiger partial charge in [-0.3, -0.25) is 9.78 Å². The molecule has 2 heterocycles. The van der Waals surface area contributed by atoms with E-state index in [1.165, 1.54) is 19.0 Å². The molecule has 22 heavy (non-hydrogen) atoms. The first-order valence-corrected chi connectivity index (χ1v) is 7.28. The number of hydrogen-bond acceptors (Lipinski definition) is 5. The molecule has 3 rings (SSSR count). The summed E-state index contributed by atoms with van der Waals surface area (Å²) in [5.41, 5.74) is 7.35. The van der Waals surface area contributed by atoms with Crippen LogP contribution in [0.4, 0.5) is 5.69 Å². The number of carbonyl (C=O) groups is 1. The molecular formula is C16H18N4O2. The Hall–Kier alpha value is -2.63. The first-order chi connectivity index (χ1) is 10.7. The van der Waals surface area contributed by atoms with Crippen LogP contribution in [-0.4, -0.2) is 22.5 Å². The highest BCUT2D eigenvalue weighted by Crippen LogP contribution is 2.29. The molecule has 0 unspecified atom stereocenters. The summed E-state index contributed by atoms with van der Waals surface area (Å²) in [6.45, 7) is 1.30. The zero-order valence-corrected chi connectivity index (χ0v) is 12.2. The molecular weight excluding hydrogens is 280 g/mol. The van der Waals surface area contributed by atoms with Gasteiger partial charge in [0.25, 0.3) is 5.91 Å². The quantitative estimate of drug-likeness (QED) is 0.815. The molecule has 1 aliphatic rings. The predicted molar refractivity (Wildman–Crippen MR) is 82.5 cm³/mol. The molecule has 6 heteroatoms. The molecule has 0 spiro atoms. The van der Waals surface area contributed by atoms with Gasteiger partial charge in [0.2, 0.25) is 5.88 Å². The van der Waals surface area contributed by atoms with Crippen LogP contribution in [0.1, 0.15) is 28.8 Å². The summed E-state index contributed by atoms with van der Waals surface area (Å²) in [4.78, 5) is 19.5. The Morgan fingerprint density at radius 3 is 2.86 bits per heavy atom. The monoisotopic (exact) mass is 298 g/mol. The van der Waals surface area contributed by atoms with Gasteiger partial charge >= 0.3 is 0 Å². The molecule has 1 aliphatic carbocycles. The predicted octanol–water partition coefficient (Wildman–Crippen LogP) is 1.98. The van der Waals surface area contributed by atoms with Gasteiger partial charge in [0.05, 0.1) is 17.9 Å². The van der Waals surface area contributed by atoms with Crippen molar-refractivity contribution in [3.05, 3.63) is 47.9 Å². The van der Waals surface area contributed by atoms with Gasteiger partial charge in [0, 0.05) is 31.2 Å². The summed E-state index contributed by atoms with van der Waals surface area (Å²) in [5, 5.41) is 3.17. The number of pyridine rings is 2. The average molecular weight is 298 g/mol. The summed E-state index contributed by atoms with van der Waals surface area (Å²) in [6, 6.07) is 5.54. The van der Waals surface area contributed by atoms with Crippen molar-refractivity contribution in [2.75, 3.05) is 11.9 Å². The van der Waals surface area contributed by atoms with Crippen molar-refractivity contribution in [1.29, 1.82) is 0 Å². The Morgan fingerprint density at radius 1 is 1.32 bits per heavy atom. The smallest absolute Gasteiger partial charge is 0.252 e. The maximum absolute atomic E-state index is 11.3. The Balaban J connectivity index is 1.58. The molecule has 0 radical (unpaired) electrons. The second-order valence-corrected chi connectivity index (χ2v) is 5.40. The molecule has 114 valence electrons. The maximum atomic E-state index is 11.3. The number of hydrogen-bond donors (Lipinski definition) is 2. The number of primary amides is 1. The van der Waals surface area contributed by atoms with Gasteiger partial charge in [-0.2, -0.15) is 0 Å². The molecule has 2 aromatic heterocycles. The van der Waals surface area contributed by atoms with Crippen LogP contribution in [0.3, 0.4) is 0 Å². The molecule has 2 aromatic rings. The van der Waals surface area contributed by atoms with Crippen molar-refractivity contribution in [1.82, 2.24) is 9.97 Å². The lowest BCUT2D eigenvalue weighted by Gasteiger charge is -2.10. The second-order valence-electron chi connectivity index (χ2n) is 5.40. The van der Waals surface area contributed by atoms with Crippen molar-refractivity contribution in [3.8, 4) is 5.88 Å². The Morgan fingerprint density at radius 2 is 2.18 bits per heavy atom. The fourth-order valence-corrected chi connectivity index (χ4v) is 2.03. The number of aromatic nitrogens is 2. The highest BCUT2D eigenvalue weighted by Gasteiger charge is 2.22. The summed E-state index contributed by atoms with van der Waals surface area (Å²) >= 11 is 0. The van der Waals surface area contributed by atoms with Crippen molar-refractivity contribution in [2.45, 2.75) is 19.4 Å². The van der Waals surface area contributed by atoms with Gasteiger partial charge in [0.1, 0.15) is 0 Å². The van der Waals surface area contributed by atoms with Crippen LogP contribution in [0.25, 0.3) is 0 Å². The van der Waals surface area contributed by atoms with Gasteiger partial charge in [-0.05, 0) is 30.4 Å². The van der Waals surface area contributed by atoms with Gasteiger partial charge in [-0.1, -0.05) is 6.07 Å². The fourth-order valence-electron chi connectivity index (χ4n) is 2.03. The minimum Gasteiger partial charge on any atom is -0.477 e. The molecule has 1 saturated carbocycles. The number of anilines is 1. The molecule has 0 bridgehead atoms. The van der Waals surface area contributed by atoms with Crippen LogP contribution >= 0.6 is 0 Å². The second kappa shape index (κ2) is 6.43. The molecule has 1 fully saturated rings. The highest BCUT2D eigenvalue weighted by molar-refractivity contribution is 5.98. The Bertz CT molecular complexity index is 653. The molecule has 0 aliphatic heterocycles. The SMILES string of the molecule is NC(=O)c1cnccc1NCc1ccc(OCC2CC2)nc1. The average Bonchev–Trinajstić information content (AvgIpc) is 3.36. The van der Waals surface area contributed by atoms with Gasteiger partial charge < -0.3 is 15.8 Å². The van der Waals surface area contributed by atoms with Crippen molar-refractivity contribution < 1.29 is 9.53 Å². The summed E-state index contributed by atoms with van der Waals surface area (Å²) < 4.78 is 5.60. The minimum atomic E-state index is -0.502. The summed E-state index contributed by atoms with van der Waals surface area (Å²) in [7, 11) is 0.